The first kappa shape index (κ1) is 20.2. The standard InChI is InChI=1S/C23H22N2O4/c1-2-6-22(26)21(15-16-11-13-18(14-12-16)25(28)29)24-23(27)20-10-5-8-17-7-3-4-9-19(17)20/h3-5,7-14,21H,2,6,15H2,1H3,(H,24,27)/t21-/m1/s1. The van der Waals surface area contributed by atoms with Crippen LogP contribution in [0, 0.1) is 10.1 Å². The normalized spacial score (nSPS) is 11.8. The van der Waals surface area contributed by atoms with Crippen LogP contribution in [-0.2, 0) is 11.2 Å². The highest BCUT2D eigenvalue weighted by Gasteiger charge is 2.22. The number of carbonyl (C=O) groups is 2. The van der Waals surface area contributed by atoms with Gasteiger partial charge in [-0.2, -0.15) is 0 Å². The Labute approximate surface area is 168 Å². The van der Waals surface area contributed by atoms with Crippen LogP contribution in [-0.4, -0.2) is 22.7 Å². The molecule has 0 unspecified atom stereocenters. The smallest absolute Gasteiger partial charge is 0.269 e. The van der Waals surface area contributed by atoms with Crippen LogP contribution >= 0.6 is 0 Å². The topological polar surface area (TPSA) is 89.3 Å². The predicted octanol–water partition coefficient (Wildman–Crippen LogP) is 4.46. The zero-order valence-corrected chi connectivity index (χ0v) is 16.1. The van der Waals surface area contributed by atoms with Gasteiger partial charge in [0.25, 0.3) is 11.6 Å². The monoisotopic (exact) mass is 390 g/mol. The number of hydrogen-bond acceptors (Lipinski definition) is 4. The van der Waals surface area contributed by atoms with Crippen LogP contribution in [0.3, 0.4) is 0 Å². The molecular weight excluding hydrogens is 368 g/mol. The number of ketones is 1. The molecule has 0 aromatic heterocycles. The van der Waals surface area contributed by atoms with Gasteiger partial charge in [0.05, 0.1) is 11.0 Å². The lowest BCUT2D eigenvalue weighted by atomic mass is 9.98. The number of non-ortho nitro benzene ring substituents is 1. The Balaban J connectivity index is 1.84. The first-order valence-corrected chi connectivity index (χ1v) is 9.54. The van der Waals surface area contributed by atoms with Crippen molar-refractivity contribution in [3.63, 3.8) is 0 Å². The largest absolute Gasteiger partial charge is 0.342 e. The van der Waals surface area contributed by atoms with Crippen molar-refractivity contribution >= 4 is 28.2 Å². The molecule has 0 saturated carbocycles. The van der Waals surface area contributed by atoms with Gasteiger partial charge in [-0.1, -0.05) is 55.5 Å². The number of nitro benzene ring substituents is 1. The van der Waals surface area contributed by atoms with Gasteiger partial charge in [0.2, 0.25) is 0 Å². The highest BCUT2D eigenvalue weighted by atomic mass is 16.6. The minimum absolute atomic E-state index is 0.00928. The number of benzene rings is 3. The number of nitrogens with zero attached hydrogens (tertiary/aromatic N) is 1. The molecule has 0 spiro atoms. The van der Waals surface area contributed by atoms with E-state index in [2.05, 4.69) is 5.32 Å². The first-order valence-electron chi connectivity index (χ1n) is 9.54. The third kappa shape index (κ3) is 4.85. The van der Waals surface area contributed by atoms with E-state index < -0.39 is 11.0 Å². The van der Waals surface area contributed by atoms with Gasteiger partial charge in [-0.15, -0.1) is 0 Å². The molecule has 0 fully saturated rings. The minimum Gasteiger partial charge on any atom is -0.342 e. The van der Waals surface area contributed by atoms with Crippen LogP contribution in [0.4, 0.5) is 5.69 Å². The van der Waals surface area contributed by atoms with Crippen LogP contribution in [0.1, 0.15) is 35.7 Å². The maximum absolute atomic E-state index is 13.0. The molecule has 3 rings (SSSR count). The Morgan fingerprint density at radius 1 is 1.00 bits per heavy atom. The number of nitro groups is 1. The molecule has 0 aliphatic rings. The van der Waals surface area contributed by atoms with E-state index in [0.717, 1.165) is 16.3 Å². The van der Waals surface area contributed by atoms with Gasteiger partial charge in [0, 0.05) is 24.1 Å². The van der Waals surface area contributed by atoms with Crippen LogP contribution in [0.15, 0.2) is 66.7 Å². The zero-order chi connectivity index (χ0) is 20.8. The van der Waals surface area contributed by atoms with Gasteiger partial charge < -0.3 is 5.32 Å². The summed E-state index contributed by atoms with van der Waals surface area (Å²) in [4.78, 5) is 36.0. The van der Waals surface area contributed by atoms with E-state index in [1.807, 2.05) is 43.3 Å². The van der Waals surface area contributed by atoms with E-state index in [4.69, 9.17) is 0 Å². The van der Waals surface area contributed by atoms with Gasteiger partial charge in [0.15, 0.2) is 5.78 Å². The summed E-state index contributed by atoms with van der Waals surface area (Å²) in [5.74, 6) is -0.363. The number of nitrogens with one attached hydrogen (secondary N) is 1. The number of amides is 1. The molecule has 1 atom stereocenters. The average Bonchev–Trinajstić information content (AvgIpc) is 2.73. The van der Waals surface area contributed by atoms with Crippen molar-refractivity contribution in [3.8, 4) is 0 Å². The fourth-order valence-corrected chi connectivity index (χ4v) is 3.31. The summed E-state index contributed by atoms with van der Waals surface area (Å²) >= 11 is 0. The third-order valence-corrected chi connectivity index (χ3v) is 4.81. The minimum atomic E-state index is -0.692. The second kappa shape index (κ2) is 9.10. The van der Waals surface area contributed by atoms with Crippen molar-refractivity contribution < 1.29 is 14.5 Å². The lowest BCUT2D eigenvalue weighted by Gasteiger charge is -2.18. The molecule has 3 aromatic rings. The number of Topliss-reactive ketones (excluding diaryl/α,β-unsaturated/α-hetero) is 1. The number of fused-ring (bicyclic) bond motifs is 1. The molecule has 0 saturated heterocycles. The fraction of sp³-hybridized carbons (Fsp3) is 0.217. The Morgan fingerprint density at radius 2 is 1.69 bits per heavy atom. The first-order chi connectivity index (χ1) is 14.0. The average molecular weight is 390 g/mol. The summed E-state index contributed by atoms with van der Waals surface area (Å²) in [5, 5.41) is 15.5. The predicted molar refractivity (Wildman–Crippen MR) is 112 cm³/mol. The Bertz CT molecular complexity index is 1040. The van der Waals surface area contributed by atoms with Gasteiger partial charge in [-0.05, 0) is 35.2 Å². The number of rotatable bonds is 8. The molecule has 0 heterocycles. The van der Waals surface area contributed by atoms with E-state index in [1.54, 1.807) is 18.2 Å². The molecule has 0 bridgehead atoms. The zero-order valence-electron chi connectivity index (χ0n) is 16.1. The van der Waals surface area contributed by atoms with Crippen molar-refractivity contribution in [2.45, 2.75) is 32.2 Å². The van der Waals surface area contributed by atoms with E-state index in [0.29, 0.717) is 18.4 Å². The van der Waals surface area contributed by atoms with Gasteiger partial charge in [-0.25, -0.2) is 0 Å². The van der Waals surface area contributed by atoms with E-state index in [1.165, 1.54) is 12.1 Å². The molecule has 0 aliphatic carbocycles. The third-order valence-electron chi connectivity index (χ3n) is 4.81. The van der Waals surface area contributed by atoms with Gasteiger partial charge in [-0.3, -0.25) is 19.7 Å². The van der Waals surface area contributed by atoms with Gasteiger partial charge >= 0.3 is 0 Å². The lowest BCUT2D eigenvalue weighted by Crippen LogP contribution is -2.42. The van der Waals surface area contributed by atoms with Crippen molar-refractivity contribution in [2.75, 3.05) is 0 Å². The maximum Gasteiger partial charge on any atom is 0.269 e. The second-order valence-electron chi connectivity index (χ2n) is 6.90. The molecule has 6 heteroatoms. The Morgan fingerprint density at radius 3 is 2.38 bits per heavy atom. The second-order valence-corrected chi connectivity index (χ2v) is 6.90. The van der Waals surface area contributed by atoms with Crippen LogP contribution in [0.25, 0.3) is 10.8 Å². The number of hydrogen-bond donors (Lipinski definition) is 1. The van der Waals surface area contributed by atoms with Crippen LogP contribution in [0.5, 0.6) is 0 Å². The number of carbonyl (C=O) groups excluding carboxylic acids is 2. The molecule has 0 aliphatic heterocycles. The summed E-state index contributed by atoms with van der Waals surface area (Å²) in [6.07, 6.45) is 1.32. The van der Waals surface area contributed by atoms with Crippen molar-refractivity contribution in [2.24, 2.45) is 0 Å². The van der Waals surface area contributed by atoms with Crippen molar-refractivity contribution in [1.82, 2.24) is 5.32 Å². The van der Waals surface area contributed by atoms with E-state index in [-0.39, 0.29) is 23.8 Å². The molecule has 1 N–H and O–H groups in total. The lowest BCUT2D eigenvalue weighted by molar-refractivity contribution is -0.384. The molecule has 1 amide bonds. The highest BCUT2D eigenvalue weighted by Crippen LogP contribution is 2.19. The summed E-state index contributed by atoms with van der Waals surface area (Å²) in [5.41, 5.74) is 1.26. The Hall–Kier alpha value is -3.54. The van der Waals surface area contributed by atoms with Crippen LogP contribution in [0.2, 0.25) is 0 Å². The molecule has 29 heavy (non-hydrogen) atoms. The molecule has 148 valence electrons. The highest BCUT2D eigenvalue weighted by molar-refractivity contribution is 6.08. The summed E-state index contributed by atoms with van der Waals surface area (Å²) in [7, 11) is 0. The fourth-order valence-electron chi connectivity index (χ4n) is 3.31. The Kier molecular flexibility index (Phi) is 6.34. The summed E-state index contributed by atoms with van der Waals surface area (Å²) in [6.45, 7) is 1.91. The maximum atomic E-state index is 13.0. The molecule has 0 radical (unpaired) electrons. The molecule has 3 aromatic carbocycles. The SMILES string of the molecule is CCCC(=O)[C@@H](Cc1ccc([N+](=O)[O-])cc1)NC(=O)c1cccc2ccccc12. The molecular formula is C23H22N2O4. The van der Waals surface area contributed by atoms with E-state index in [9.17, 15) is 19.7 Å². The van der Waals surface area contributed by atoms with Crippen molar-refractivity contribution in [3.05, 3.63) is 88.0 Å². The summed E-state index contributed by atoms with van der Waals surface area (Å²) < 4.78 is 0. The molecule has 6 nitrogen and oxygen atoms in total. The quantitative estimate of drug-likeness (QED) is 0.454. The summed E-state index contributed by atoms with van der Waals surface area (Å²) in [6, 6.07) is 18.4. The van der Waals surface area contributed by atoms with Crippen molar-refractivity contribution in [1.29, 1.82) is 0 Å². The van der Waals surface area contributed by atoms with E-state index >= 15 is 0 Å². The van der Waals surface area contributed by atoms with Gasteiger partial charge in [0.1, 0.15) is 0 Å². The van der Waals surface area contributed by atoms with Crippen LogP contribution < -0.4 is 5.32 Å².